The molecule has 94 valence electrons. The van der Waals surface area contributed by atoms with Gasteiger partial charge in [-0.25, -0.2) is 4.98 Å². The summed E-state index contributed by atoms with van der Waals surface area (Å²) in [6.45, 7) is 2.72. The maximum Gasteiger partial charge on any atom is 0.213 e. The van der Waals surface area contributed by atoms with Gasteiger partial charge in [-0.15, -0.1) is 0 Å². The SMILES string of the molecule is CCC1CCCCC1Oc1cccc(CN)n1. The summed E-state index contributed by atoms with van der Waals surface area (Å²) in [5, 5.41) is 0. The molecule has 1 saturated carbocycles. The Balaban J connectivity index is 2.02. The molecule has 17 heavy (non-hydrogen) atoms. The Hall–Kier alpha value is -1.09. The third kappa shape index (κ3) is 3.19. The van der Waals surface area contributed by atoms with Crippen LogP contribution in [0.15, 0.2) is 18.2 Å². The summed E-state index contributed by atoms with van der Waals surface area (Å²) >= 11 is 0. The zero-order valence-corrected chi connectivity index (χ0v) is 10.6. The van der Waals surface area contributed by atoms with Crippen LogP contribution in [0.3, 0.4) is 0 Å². The fraction of sp³-hybridized carbons (Fsp3) is 0.643. The first-order chi connectivity index (χ1) is 8.33. The van der Waals surface area contributed by atoms with Gasteiger partial charge in [0.15, 0.2) is 0 Å². The van der Waals surface area contributed by atoms with Crippen molar-refractivity contribution in [2.45, 2.75) is 51.7 Å². The van der Waals surface area contributed by atoms with E-state index in [0.717, 1.165) is 18.0 Å². The van der Waals surface area contributed by atoms with E-state index in [9.17, 15) is 0 Å². The van der Waals surface area contributed by atoms with Crippen molar-refractivity contribution in [1.29, 1.82) is 0 Å². The van der Waals surface area contributed by atoms with E-state index in [1.807, 2.05) is 18.2 Å². The number of nitrogens with zero attached hydrogens (tertiary/aromatic N) is 1. The first-order valence-corrected chi connectivity index (χ1v) is 6.66. The molecule has 3 nitrogen and oxygen atoms in total. The van der Waals surface area contributed by atoms with Crippen LogP contribution in [-0.2, 0) is 6.54 Å². The van der Waals surface area contributed by atoms with Gasteiger partial charge in [0.25, 0.3) is 0 Å². The molecule has 2 N–H and O–H groups in total. The Morgan fingerprint density at radius 2 is 2.18 bits per heavy atom. The molecule has 1 aliphatic rings. The van der Waals surface area contributed by atoms with Crippen LogP contribution in [0, 0.1) is 5.92 Å². The summed E-state index contributed by atoms with van der Waals surface area (Å²) in [4.78, 5) is 4.41. The predicted molar refractivity (Wildman–Crippen MR) is 68.8 cm³/mol. The molecule has 2 unspecified atom stereocenters. The van der Waals surface area contributed by atoms with Gasteiger partial charge in [0, 0.05) is 12.6 Å². The van der Waals surface area contributed by atoms with Crippen LogP contribution in [0.5, 0.6) is 5.88 Å². The van der Waals surface area contributed by atoms with Gasteiger partial charge in [-0.3, -0.25) is 0 Å². The summed E-state index contributed by atoms with van der Waals surface area (Å²) in [6.07, 6.45) is 6.60. The van der Waals surface area contributed by atoms with E-state index in [1.165, 1.54) is 25.7 Å². The molecule has 0 spiro atoms. The van der Waals surface area contributed by atoms with Crippen LogP contribution in [0.1, 0.15) is 44.7 Å². The predicted octanol–water partition coefficient (Wildman–Crippen LogP) is 2.89. The topological polar surface area (TPSA) is 48.1 Å². The second-order valence-electron chi connectivity index (χ2n) is 4.78. The van der Waals surface area contributed by atoms with Crippen LogP contribution < -0.4 is 10.5 Å². The molecular formula is C14H22N2O. The minimum Gasteiger partial charge on any atom is -0.474 e. The number of pyridine rings is 1. The third-order valence-corrected chi connectivity index (χ3v) is 3.63. The van der Waals surface area contributed by atoms with Crippen molar-refractivity contribution in [3.63, 3.8) is 0 Å². The zero-order chi connectivity index (χ0) is 12.1. The summed E-state index contributed by atoms with van der Waals surface area (Å²) in [5.41, 5.74) is 6.48. The van der Waals surface area contributed by atoms with E-state index in [4.69, 9.17) is 10.5 Å². The highest BCUT2D eigenvalue weighted by molar-refractivity contribution is 5.16. The molecule has 0 amide bonds. The average Bonchev–Trinajstić information content (AvgIpc) is 2.39. The molecule has 0 saturated heterocycles. The lowest BCUT2D eigenvalue weighted by Gasteiger charge is -2.30. The molecule has 1 heterocycles. The first kappa shape index (κ1) is 12.4. The van der Waals surface area contributed by atoms with Gasteiger partial charge >= 0.3 is 0 Å². The Morgan fingerprint density at radius 3 is 2.94 bits per heavy atom. The van der Waals surface area contributed by atoms with Crippen LogP contribution in [0.2, 0.25) is 0 Å². The lowest BCUT2D eigenvalue weighted by molar-refractivity contribution is 0.0856. The van der Waals surface area contributed by atoms with Crippen LogP contribution in [-0.4, -0.2) is 11.1 Å². The van der Waals surface area contributed by atoms with E-state index in [-0.39, 0.29) is 0 Å². The van der Waals surface area contributed by atoms with Crippen molar-refractivity contribution in [2.75, 3.05) is 0 Å². The fourth-order valence-electron chi connectivity index (χ4n) is 2.59. The maximum absolute atomic E-state index is 6.03. The van der Waals surface area contributed by atoms with Crippen molar-refractivity contribution in [3.8, 4) is 5.88 Å². The van der Waals surface area contributed by atoms with Crippen molar-refractivity contribution in [2.24, 2.45) is 11.7 Å². The normalized spacial score (nSPS) is 24.6. The highest BCUT2D eigenvalue weighted by Crippen LogP contribution is 2.29. The van der Waals surface area contributed by atoms with Crippen molar-refractivity contribution in [1.82, 2.24) is 4.98 Å². The standard InChI is InChI=1S/C14H22N2O/c1-2-11-6-3-4-8-13(11)17-14-9-5-7-12(10-15)16-14/h5,7,9,11,13H,2-4,6,8,10,15H2,1H3. The quantitative estimate of drug-likeness (QED) is 0.871. The number of nitrogens with two attached hydrogens (primary N) is 1. The number of hydrogen-bond donors (Lipinski definition) is 1. The van der Waals surface area contributed by atoms with Gasteiger partial charge in [-0.2, -0.15) is 0 Å². The van der Waals surface area contributed by atoms with E-state index in [2.05, 4.69) is 11.9 Å². The van der Waals surface area contributed by atoms with Crippen molar-refractivity contribution >= 4 is 0 Å². The Morgan fingerprint density at radius 1 is 1.35 bits per heavy atom. The molecule has 1 fully saturated rings. The zero-order valence-electron chi connectivity index (χ0n) is 10.6. The summed E-state index contributed by atoms with van der Waals surface area (Å²) in [7, 11) is 0. The molecule has 1 aliphatic carbocycles. The minimum atomic E-state index is 0.342. The Labute approximate surface area is 103 Å². The Bertz CT molecular complexity index is 354. The molecule has 3 heteroatoms. The number of rotatable bonds is 4. The van der Waals surface area contributed by atoms with Gasteiger partial charge in [-0.05, 0) is 37.7 Å². The van der Waals surface area contributed by atoms with Gasteiger partial charge in [-0.1, -0.05) is 19.4 Å². The molecule has 0 aliphatic heterocycles. The third-order valence-electron chi connectivity index (χ3n) is 3.63. The van der Waals surface area contributed by atoms with Gasteiger partial charge in [0.2, 0.25) is 5.88 Å². The molecule has 2 rings (SSSR count). The maximum atomic E-state index is 6.03. The lowest BCUT2D eigenvalue weighted by Crippen LogP contribution is -2.30. The largest absolute Gasteiger partial charge is 0.474 e. The van der Waals surface area contributed by atoms with Gasteiger partial charge in [0.1, 0.15) is 6.10 Å². The molecule has 0 aromatic carbocycles. The van der Waals surface area contributed by atoms with Gasteiger partial charge < -0.3 is 10.5 Å². The van der Waals surface area contributed by atoms with Crippen LogP contribution >= 0.6 is 0 Å². The van der Waals surface area contributed by atoms with Crippen LogP contribution in [0.4, 0.5) is 0 Å². The minimum absolute atomic E-state index is 0.342. The van der Waals surface area contributed by atoms with E-state index in [1.54, 1.807) is 0 Å². The second-order valence-corrected chi connectivity index (χ2v) is 4.78. The molecule has 0 bridgehead atoms. The Kier molecular flexibility index (Phi) is 4.37. The van der Waals surface area contributed by atoms with E-state index >= 15 is 0 Å². The molecular weight excluding hydrogens is 212 g/mol. The number of hydrogen-bond acceptors (Lipinski definition) is 3. The van der Waals surface area contributed by atoms with E-state index in [0.29, 0.717) is 18.6 Å². The van der Waals surface area contributed by atoms with Crippen molar-refractivity contribution in [3.05, 3.63) is 23.9 Å². The summed E-state index contributed by atoms with van der Waals surface area (Å²) in [5.74, 6) is 1.42. The lowest BCUT2D eigenvalue weighted by atomic mass is 9.85. The summed E-state index contributed by atoms with van der Waals surface area (Å²) in [6, 6.07) is 5.83. The number of aromatic nitrogens is 1. The molecule has 2 atom stereocenters. The molecule has 1 aromatic rings. The first-order valence-electron chi connectivity index (χ1n) is 6.66. The average molecular weight is 234 g/mol. The van der Waals surface area contributed by atoms with E-state index < -0.39 is 0 Å². The van der Waals surface area contributed by atoms with Crippen molar-refractivity contribution < 1.29 is 4.74 Å². The number of ether oxygens (including phenoxy) is 1. The highest BCUT2D eigenvalue weighted by atomic mass is 16.5. The van der Waals surface area contributed by atoms with Crippen LogP contribution in [0.25, 0.3) is 0 Å². The second kappa shape index (κ2) is 6.01. The smallest absolute Gasteiger partial charge is 0.213 e. The fourth-order valence-corrected chi connectivity index (χ4v) is 2.59. The monoisotopic (exact) mass is 234 g/mol. The summed E-state index contributed by atoms with van der Waals surface area (Å²) < 4.78 is 6.03. The molecule has 1 aromatic heterocycles. The molecule has 0 radical (unpaired) electrons. The van der Waals surface area contributed by atoms with Gasteiger partial charge in [0.05, 0.1) is 5.69 Å². The highest BCUT2D eigenvalue weighted by Gasteiger charge is 2.25.